The van der Waals surface area contributed by atoms with Gasteiger partial charge in [0, 0.05) is 4.47 Å². The van der Waals surface area contributed by atoms with E-state index in [0.29, 0.717) is 6.54 Å². The zero-order valence-electron chi connectivity index (χ0n) is 14.6. The second-order valence-electron chi connectivity index (χ2n) is 7.14. The Hall–Kier alpha value is -2.01. The maximum Gasteiger partial charge on any atom is 0.501 e. The van der Waals surface area contributed by atoms with Crippen molar-refractivity contribution in [3.05, 3.63) is 58.6 Å². The van der Waals surface area contributed by atoms with E-state index in [2.05, 4.69) is 15.9 Å². The first-order valence-electron chi connectivity index (χ1n) is 9.26. The molecule has 3 aliphatic rings. The summed E-state index contributed by atoms with van der Waals surface area (Å²) in [5.74, 6) is -0.417. The number of carbonyl (C=O) groups is 2. The van der Waals surface area contributed by atoms with Crippen LogP contribution >= 0.6 is 15.9 Å². The molecule has 4 rings (SSSR count). The monoisotopic (exact) mass is 413 g/mol. The van der Waals surface area contributed by atoms with Gasteiger partial charge in [-0.2, -0.15) is 14.3 Å². The SMILES string of the molecule is O=C1C2C=CC=CC2=[N+](Cc2ccc(Br)cc2)C(=O)N1C1CCCCC1. The highest BCUT2D eigenvalue weighted by Gasteiger charge is 2.50. The van der Waals surface area contributed by atoms with Crippen LogP contribution in [-0.2, 0) is 11.3 Å². The van der Waals surface area contributed by atoms with E-state index in [1.54, 1.807) is 9.48 Å². The average molecular weight is 414 g/mol. The molecule has 1 saturated carbocycles. The summed E-state index contributed by atoms with van der Waals surface area (Å²) in [6, 6.07) is 7.85. The number of halogens is 1. The van der Waals surface area contributed by atoms with Crippen molar-refractivity contribution in [3.8, 4) is 0 Å². The van der Waals surface area contributed by atoms with Gasteiger partial charge >= 0.3 is 11.9 Å². The van der Waals surface area contributed by atoms with Crippen molar-refractivity contribution in [2.75, 3.05) is 0 Å². The van der Waals surface area contributed by atoms with Gasteiger partial charge < -0.3 is 0 Å². The molecule has 0 radical (unpaired) electrons. The van der Waals surface area contributed by atoms with Gasteiger partial charge in [-0.05, 0) is 49.5 Å². The third-order valence-corrected chi connectivity index (χ3v) is 5.97. The number of carbonyl (C=O) groups excluding carboxylic acids is 2. The highest BCUT2D eigenvalue weighted by atomic mass is 79.9. The van der Waals surface area contributed by atoms with E-state index in [4.69, 9.17) is 0 Å². The molecule has 134 valence electrons. The molecule has 26 heavy (non-hydrogen) atoms. The van der Waals surface area contributed by atoms with E-state index in [9.17, 15) is 9.59 Å². The molecule has 1 heterocycles. The first-order chi connectivity index (χ1) is 12.6. The first-order valence-corrected chi connectivity index (χ1v) is 10.0. The minimum Gasteiger partial charge on any atom is -0.245 e. The summed E-state index contributed by atoms with van der Waals surface area (Å²) in [7, 11) is 0. The summed E-state index contributed by atoms with van der Waals surface area (Å²) in [6.07, 6.45) is 12.8. The van der Waals surface area contributed by atoms with E-state index in [0.717, 1.165) is 41.4 Å². The Bertz CT molecular complexity index is 817. The van der Waals surface area contributed by atoms with Crippen LogP contribution in [-0.4, -0.2) is 33.2 Å². The van der Waals surface area contributed by atoms with Crippen LogP contribution in [0.4, 0.5) is 4.79 Å². The molecule has 2 aliphatic carbocycles. The summed E-state index contributed by atoms with van der Waals surface area (Å²) < 4.78 is 2.79. The molecular formula is C21H22BrN2O2+. The van der Waals surface area contributed by atoms with Crippen LogP contribution in [0, 0.1) is 5.92 Å². The van der Waals surface area contributed by atoms with Crippen molar-refractivity contribution in [1.82, 2.24) is 4.90 Å². The lowest BCUT2D eigenvalue weighted by molar-refractivity contribution is -0.457. The second-order valence-corrected chi connectivity index (χ2v) is 8.06. The van der Waals surface area contributed by atoms with Crippen molar-refractivity contribution < 1.29 is 14.2 Å². The normalized spacial score (nSPS) is 23.6. The van der Waals surface area contributed by atoms with Gasteiger partial charge in [0.05, 0.1) is 0 Å². The van der Waals surface area contributed by atoms with Crippen molar-refractivity contribution in [1.29, 1.82) is 0 Å². The van der Waals surface area contributed by atoms with Crippen molar-refractivity contribution in [3.63, 3.8) is 0 Å². The molecule has 1 atom stereocenters. The fraction of sp³-hybridized carbons (Fsp3) is 0.381. The van der Waals surface area contributed by atoms with E-state index in [1.807, 2.05) is 48.6 Å². The highest BCUT2D eigenvalue weighted by molar-refractivity contribution is 9.10. The molecule has 1 aliphatic heterocycles. The molecule has 5 heteroatoms. The number of benzene rings is 1. The Kier molecular flexibility index (Phi) is 4.90. The lowest BCUT2D eigenvalue weighted by atomic mass is 9.89. The van der Waals surface area contributed by atoms with Crippen LogP contribution in [0.3, 0.4) is 0 Å². The molecule has 4 nitrogen and oxygen atoms in total. The second kappa shape index (κ2) is 7.31. The topological polar surface area (TPSA) is 40.4 Å². The van der Waals surface area contributed by atoms with E-state index in [-0.39, 0.29) is 23.9 Å². The standard InChI is InChI=1S/C21H22BrN2O2/c22-16-12-10-15(11-13-16)14-23-19-9-5-4-8-18(19)20(25)24(21(23)26)17-6-2-1-3-7-17/h4-5,8-13,17-18H,1-3,6-7,14H2/q+1. The van der Waals surface area contributed by atoms with Crippen molar-refractivity contribution >= 4 is 33.6 Å². The fourth-order valence-electron chi connectivity index (χ4n) is 4.09. The van der Waals surface area contributed by atoms with Crippen LogP contribution in [0.15, 0.2) is 53.0 Å². The van der Waals surface area contributed by atoms with Crippen LogP contribution in [0.1, 0.15) is 37.7 Å². The van der Waals surface area contributed by atoms with Crippen molar-refractivity contribution in [2.24, 2.45) is 5.92 Å². The van der Waals surface area contributed by atoms with Crippen LogP contribution < -0.4 is 0 Å². The zero-order chi connectivity index (χ0) is 18.1. The van der Waals surface area contributed by atoms with Crippen LogP contribution in [0.25, 0.3) is 0 Å². The number of urea groups is 1. The van der Waals surface area contributed by atoms with Gasteiger partial charge in [0.1, 0.15) is 24.2 Å². The predicted octanol–water partition coefficient (Wildman–Crippen LogP) is 4.44. The van der Waals surface area contributed by atoms with E-state index in [1.165, 1.54) is 6.42 Å². The molecule has 0 aromatic heterocycles. The molecular weight excluding hydrogens is 392 g/mol. The zero-order valence-corrected chi connectivity index (χ0v) is 16.2. The molecule has 0 saturated heterocycles. The van der Waals surface area contributed by atoms with Gasteiger partial charge in [0.25, 0.3) is 0 Å². The van der Waals surface area contributed by atoms with E-state index < -0.39 is 0 Å². The molecule has 0 spiro atoms. The number of rotatable bonds is 3. The molecule has 1 unspecified atom stereocenters. The highest BCUT2D eigenvalue weighted by Crippen LogP contribution is 2.29. The third-order valence-electron chi connectivity index (χ3n) is 5.45. The van der Waals surface area contributed by atoms with Crippen LogP contribution in [0.5, 0.6) is 0 Å². The van der Waals surface area contributed by atoms with Gasteiger partial charge in [0.2, 0.25) is 0 Å². The van der Waals surface area contributed by atoms with Gasteiger partial charge in [-0.25, -0.2) is 4.79 Å². The molecule has 0 N–H and O–H groups in total. The number of amides is 3. The number of hydrogen-bond donors (Lipinski definition) is 0. The molecule has 1 fully saturated rings. The predicted molar refractivity (Wildman–Crippen MR) is 104 cm³/mol. The Morgan fingerprint density at radius 2 is 1.77 bits per heavy atom. The van der Waals surface area contributed by atoms with Gasteiger partial charge in [-0.3, -0.25) is 0 Å². The lowest BCUT2D eigenvalue weighted by Crippen LogP contribution is -2.57. The molecule has 3 amide bonds. The smallest absolute Gasteiger partial charge is 0.245 e. The Balaban J connectivity index is 1.72. The van der Waals surface area contributed by atoms with Crippen LogP contribution in [0.2, 0.25) is 0 Å². The number of nitrogens with zero attached hydrogens (tertiary/aromatic N) is 2. The third kappa shape index (κ3) is 3.20. The minimum absolute atomic E-state index is 0.0389. The largest absolute Gasteiger partial charge is 0.501 e. The summed E-state index contributed by atoms with van der Waals surface area (Å²) in [6.45, 7) is 0.479. The summed E-state index contributed by atoms with van der Waals surface area (Å²) >= 11 is 3.45. The van der Waals surface area contributed by atoms with Gasteiger partial charge in [0.15, 0.2) is 0 Å². The van der Waals surface area contributed by atoms with E-state index >= 15 is 0 Å². The number of hydrogen-bond acceptors (Lipinski definition) is 2. The Morgan fingerprint density at radius 1 is 1.04 bits per heavy atom. The number of fused-ring (bicyclic) bond motifs is 1. The first kappa shape index (κ1) is 17.4. The number of allylic oxidation sites excluding steroid dienone is 3. The maximum absolute atomic E-state index is 13.3. The fourth-order valence-corrected chi connectivity index (χ4v) is 4.35. The maximum atomic E-state index is 13.3. The molecule has 0 bridgehead atoms. The number of imide groups is 1. The Morgan fingerprint density at radius 3 is 2.50 bits per heavy atom. The molecule has 1 aromatic rings. The quantitative estimate of drug-likeness (QED) is 0.687. The van der Waals surface area contributed by atoms with Crippen molar-refractivity contribution in [2.45, 2.75) is 44.7 Å². The minimum atomic E-state index is -0.352. The summed E-state index contributed by atoms with van der Waals surface area (Å²) in [5, 5.41) is 0. The Labute approximate surface area is 162 Å². The lowest BCUT2D eigenvalue weighted by Gasteiger charge is -2.33. The summed E-state index contributed by atoms with van der Waals surface area (Å²) in [4.78, 5) is 27.9. The van der Waals surface area contributed by atoms with Gasteiger partial charge in [-0.15, -0.1) is 0 Å². The molecule has 1 aromatic carbocycles. The summed E-state index contributed by atoms with van der Waals surface area (Å²) in [5.41, 5.74) is 1.84. The van der Waals surface area contributed by atoms with Gasteiger partial charge in [-0.1, -0.05) is 52.7 Å². The average Bonchev–Trinajstić information content (AvgIpc) is 2.68.